The van der Waals surface area contributed by atoms with Gasteiger partial charge < -0.3 is 9.47 Å². The van der Waals surface area contributed by atoms with Crippen molar-refractivity contribution in [2.75, 3.05) is 6.61 Å². The molecule has 13 heteroatoms. The molecule has 0 saturated carbocycles. The summed E-state index contributed by atoms with van der Waals surface area (Å²) in [5.74, 6) is -0.744. The Bertz CT molecular complexity index is 1420. The number of rotatable bonds is 7. The average molecular weight is 514 g/mol. The van der Waals surface area contributed by atoms with E-state index in [1.807, 2.05) is 37.3 Å². The van der Waals surface area contributed by atoms with E-state index in [0.29, 0.717) is 11.8 Å². The van der Waals surface area contributed by atoms with Gasteiger partial charge in [-0.2, -0.15) is 8.78 Å². The monoisotopic (exact) mass is 513 g/mol. The highest BCUT2D eigenvalue weighted by molar-refractivity contribution is 8.14. The maximum Gasteiger partial charge on any atom is 0.482 e. The van der Waals surface area contributed by atoms with Crippen LogP contribution in [0.4, 0.5) is 8.78 Å². The van der Waals surface area contributed by atoms with Crippen LogP contribution < -0.4 is 14.8 Å². The number of benzene rings is 2. The van der Waals surface area contributed by atoms with E-state index in [2.05, 4.69) is 30.6 Å². The Kier molecular flexibility index (Phi) is 6.31. The van der Waals surface area contributed by atoms with Gasteiger partial charge in [0.05, 0.1) is 11.6 Å². The lowest BCUT2D eigenvalue weighted by molar-refractivity contribution is -0.191. The van der Waals surface area contributed by atoms with Crippen molar-refractivity contribution in [1.82, 2.24) is 30.1 Å². The zero-order valence-electron chi connectivity index (χ0n) is 19.2. The van der Waals surface area contributed by atoms with Gasteiger partial charge in [0.25, 0.3) is 5.95 Å². The van der Waals surface area contributed by atoms with Crippen LogP contribution in [0, 0.1) is 0 Å². The molecule has 2 atom stereocenters. The molecule has 4 aromatic rings. The first-order valence-electron chi connectivity index (χ1n) is 11.0. The summed E-state index contributed by atoms with van der Waals surface area (Å²) in [6.07, 6.45) is -4.06. The highest BCUT2D eigenvalue weighted by atomic mass is 32.2. The highest BCUT2D eigenvalue weighted by Crippen LogP contribution is 2.31. The SMILES string of the molecule is CC1SC(NC(=O)C(F)(F)Oc2ccccc2)=NC1COc1cc2ccccc2n1-c1nnnn1C. The number of alkyl halides is 2. The fraction of sp³-hybridized carbons (Fsp3) is 0.261. The molecule has 2 aromatic carbocycles. The van der Waals surface area contributed by atoms with Crippen LogP contribution in [-0.2, 0) is 11.8 Å². The number of amidine groups is 1. The third-order valence-corrected chi connectivity index (χ3v) is 6.59. The number of aliphatic imine (C=N–C) groups is 1. The van der Waals surface area contributed by atoms with Crippen LogP contribution in [-0.4, -0.2) is 59.9 Å². The standard InChI is InChI=1S/C23H21F2N7O3S/c1-14-17(26-21(36-14)27-20(33)23(24,25)35-16-9-4-3-5-10-16)13-34-19-12-15-8-6-7-11-18(15)32(19)22-28-29-30-31(22)2/h3-12,14,17H,13H2,1-2H3,(H,26,27,33). The Morgan fingerprint density at radius 1 is 1.17 bits per heavy atom. The van der Waals surface area contributed by atoms with Gasteiger partial charge in [0, 0.05) is 23.8 Å². The molecule has 36 heavy (non-hydrogen) atoms. The molecule has 10 nitrogen and oxygen atoms in total. The number of nitrogens with one attached hydrogen (secondary N) is 1. The van der Waals surface area contributed by atoms with Gasteiger partial charge in [-0.1, -0.05) is 60.2 Å². The number of carbonyl (C=O) groups is 1. The highest BCUT2D eigenvalue weighted by Gasteiger charge is 2.44. The third kappa shape index (κ3) is 4.73. The Morgan fingerprint density at radius 2 is 1.92 bits per heavy atom. The Labute approximate surface area is 208 Å². The van der Waals surface area contributed by atoms with Crippen LogP contribution in [0.3, 0.4) is 0 Å². The summed E-state index contributed by atoms with van der Waals surface area (Å²) in [4.78, 5) is 16.6. The van der Waals surface area contributed by atoms with Gasteiger partial charge >= 0.3 is 12.0 Å². The Balaban J connectivity index is 1.29. The summed E-state index contributed by atoms with van der Waals surface area (Å²) in [6, 6.07) is 16.6. The van der Waals surface area contributed by atoms with Gasteiger partial charge in [-0.3, -0.25) is 15.1 Å². The minimum Gasteiger partial charge on any atom is -0.476 e. The quantitative estimate of drug-likeness (QED) is 0.404. The number of para-hydroxylation sites is 2. The third-order valence-electron chi connectivity index (χ3n) is 5.47. The molecule has 0 radical (unpaired) electrons. The fourth-order valence-electron chi connectivity index (χ4n) is 3.65. The topological polar surface area (TPSA) is 108 Å². The smallest absolute Gasteiger partial charge is 0.476 e. The zero-order chi connectivity index (χ0) is 25.3. The summed E-state index contributed by atoms with van der Waals surface area (Å²) in [5, 5.41) is 14.7. The summed E-state index contributed by atoms with van der Waals surface area (Å²) in [6.45, 7) is 2.02. The van der Waals surface area contributed by atoms with Crippen molar-refractivity contribution in [1.29, 1.82) is 0 Å². The van der Waals surface area contributed by atoms with E-state index in [4.69, 9.17) is 4.74 Å². The van der Waals surface area contributed by atoms with Crippen LogP contribution in [0.15, 0.2) is 65.7 Å². The van der Waals surface area contributed by atoms with Gasteiger partial charge in [0.15, 0.2) is 5.17 Å². The second kappa shape index (κ2) is 9.57. The Morgan fingerprint density at radius 3 is 2.67 bits per heavy atom. The summed E-state index contributed by atoms with van der Waals surface area (Å²) < 4.78 is 42.6. The first kappa shape index (κ1) is 23.7. The Hall–Kier alpha value is -4.00. The van der Waals surface area contributed by atoms with Crippen molar-refractivity contribution in [2.24, 2.45) is 12.0 Å². The van der Waals surface area contributed by atoms with E-state index >= 15 is 0 Å². The lowest BCUT2D eigenvalue weighted by Gasteiger charge is -2.16. The van der Waals surface area contributed by atoms with E-state index in [0.717, 1.165) is 10.9 Å². The van der Waals surface area contributed by atoms with Gasteiger partial charge in [0.1, 0.15) is 12.4 Å². The number of aryl methyl sites for hydroxylation is 1. The van der Waals surface area contributed by atoms with Crippen molar-refractivity contribution in [3.63, 3.8) is 0 Å². The number of aromatic nitrogens is 5. The van der Waals surface area contributed by atoms with Crippen molar-refractivity contribution in [3.05, 3.63) is 60.7 Å². The minimum absolute atomic E-state index is 0.0791. The predicted octanol–water partition coefficient (Wildman–Crippen LogP) is 3.18. The molecular weight excluding hydrogens is 492 g/mol. The molecule has 186 valence electrons. The molecule has 5 rings (SSSR count). The molecule has 1 aliphatic rings. The molecule has 1 N–H and O–H groups in total. The second-order valence-corrected chi connectivity index (χ2v) is 9.37. The van der Waals surface area contributed by atoms with Crippen LogP contribution in [0.1, 0.15) is 6.92 Å². The van der Waals surface area contributed by atoms with Crippen LogP contribution in [0.2, 0.25) is 0 Å². The summed E-state index contributed by atoms with van der Waals surface area (Å²) >= 11 is 1.17. The summed E-state index contributed by atoms with van der Waals surface area (Å²) in [5.41, 5.74) is 0.858. The average Bonchev–Trinajstić information content (AvgIpc) is 3.53. The molecule has 0 bridgehead atoms. The number of tetrazole rings is 1. The first-order chi connectivity index (χ1) is 17.3. The van der Waals surface area contributed by atoms with Crippen molar-refractivity contribution in [3.8, 4) is 17.6 Å². The lowest BCUT2D eigenvalue weighted by atomic mass is 10.2. The van der Waals surface area contributed by atoms with Crippen LogP contribution in [0.5, 0.6) is 11.6 Å². The molecule has 1 aliphatic heterocycles. The fourth-order valence-corrected chi connectivity index (χ4v) is 4.65. The van der Waals surface area contributed by atoms with Crippen molar-refractivity contribution >= 4 is 33.7 Å². The molecular formula is C23H21F2N7O3S. The lowest BCUT2D eigenvalue weighted by Crippen LogP contribution is -2.45. The molecule has 0 fully saturated rings. The number of thioether (sulfide) groups is 1. The molecule has 2 aromatic heterocycles. The maximum atomic E-state index is 14.3. The van der Waals surface area contributed by atoms with Gasteiger partial charge in [0.2, 0.25) is 5.88 Å². The molecule has 0 spiro atoms. The van der Waals surface area contributed by atoms with Crippen molar-refractivity contribution in [2.45, 2.75) is 24.3 Å². The molecule has 1 amide bonds. The van der Waals surface area contributed by atoms with Crippen LogP contribution in [0.25, 0.3) is 16.9 Å². The zero-order valence-corrected chi connectivity index (χ0v) is 20.0. The largest absolute Gasteiger partial charge is 0.482 e. The number of amides is 1. The molecule has 2 unspecified atom stereocenters. The molecule has 0 saturated heterocycles. The number of hydrogen-bond acceptors (Lipinski definition) is 8. The van der Waals surface area contributed by atoms with E-state index in [1.165, 1.54) is 40.7 Å². The van der Waals surface area contributed by atoms with Gasteiger partial charge in [-0.25, -0.2) is 9.25 Å². The number of halogens is 2. The molecule has 3 heterocycles. The van der Waals surface area contributed by atoms with E-state index in [-0.39, 0.29) is 22.8 Å². The van der Waals surface area contributed by atoms with Crippen LogP contribution >= 0.6 is 11.8 Å². The number of fused-ring (bicyclic) bond motifs is 1. The number of carbonyl (C=O) groups excluding carboxylic acids is 1. The predicted molar refractivity (Wildman–Crippen MR) is 130 cm³/mol. The number of hydrogen-bond donors (Lipinski definition) is 1. The van der Waals surface area contributed by atoms with Gasteiger partial charge in [-0.05, 0) is 28.6 Å². The van der Waals surface area contributed by atoms with Gasteiger partial charge in [-0.15, -0.1) is 0 Å². The number of nitrogens with zero attached hydrogens (tertiary/aromatic N) is 6. The van der Waals surface area contributed by atoms with Crippen molar-refractivity contribution < 1.29 is 23.0 Å². The van der Waals surface area contributed by atoms with E-state index in [9.17, 15) is 13.6 Å². The first-order valence-corrected chi connectivity index (χ1v) is 11.8. The summed E-state index contributed by atoms with van der Waals surface area (Å²) in [7, 11) is 1.72. The van der Waals surface area contributed by atoms with E-state index in [1.54, 1.807) is 17.7 Å². The second-order valence-electron chi connectivity index (χ2n) is 8.00. The number of ether oxygens (including phenoxy) is 2. The van der Waals surface area contributed by atoms with E-state index < -0.39 is 18.1 Å². The molecule has 0 aliphatic carbocycles. The minimum atomic E-state index is -4.06. The normalized spacial score (nSPS) is 17.7. The maximum absolute atomic E-state index is 14.3.